The Labute approximate surface area is 119 Å². The summed E-state index contributed by atoms with van der Waals surface area (Å²) < 4.78 is 0. The van der Waals surface area contributed by atoms with Gasteiger partial charge in [-0.3, -0.25) is 9.69 Å². The highest BCUT2D eigenvalue weighted by atomic mass is 16.4. The monoisotopic (exact) mass is 276 g/mol. The molecule has 0 saturated carbocycles. The quantitative estimate of drug-likeness (QED) is 0.796. The number of hydrogen-bond acceptors (Lipinski definition) is 3. The number of amides is 1. The molecule has 1 rings (SSSR count). The van der Waals surface area contributed by atoms with Crippen LogP contribution in [0, 0.1) is 0 Å². The molecular weight excluding hydrogens is 256 g/mol. The molecule has 0 bridgehead atoms. The summed E-state index contributed by atoms with van der Waals surface area (Å²) >= 11 is 0. The molecule has 0 fully saturated rings. The second kappa shape index (κ2) is 7.45. The van der Waals surface area contributed by atoms with Crippen molar-refractivity contribution in [3.63, 3.8) is 0 Å². The van der Waals surface area contributed by atoms with Gasteiger partial charge in [0.05, 0.1) is 6.54 Å². The third-order valence-electron chi connectivity index (χ3n) is 2.73. The van der Waals surface area contributed by atoms with Crippen LogP contribution < -0.4 is 0 Å². The van der Waals surface area contributed by atoms with E-state index >= 15 is 0 Å². The molecule has 5 nitrogen and oxygen atoms in total. The van der Waals surface area contributed by atoms with Gasteiger partial charge in [-0.15, -0.1) is 0 Å². The second-order valence-corrected chi connectivity index (χ2v) is 4.88. The number of carbonyl (C=O) groups excluding carboxylic acids is 1. The summed E-state index contributed by atoms with van der Waals surface area (Å²) in [5.74, 6) is -0.918. The minimum atomic E-state index is -0.968. The van der Waals surface area contributed by atoms with Crippen molar-refractivity contribution >= 4 is 18.0 Å². The predicted molar refractivity (Wildman–Crippen MR) is 78.1 cm³/mol. The van der Waals surface area contributed by atoms with E-state index in [1.807, 2.05) is 36.2 Å². The first-order chi connectivity index (χ1) is 9.38. The van der Waals surface area contributed by atoms with Crippen molar-refractivity contribution < 1.29 is 14.7 Å². The zero-order valence-corrected chi connectivity index (χ0v) is 12.0. The third-order valence-corrected chi connectivity index (χ3v) is 2.73. The van der Waals surface area contributed by atoms with Crippen LogP contribution in [-0.2, 0) is 16.1 Å². The first kappa shape index (κ1) is 15.9. The van der Waals surface area contributed by atoms with Crippen molar-refractivity contribution in [2.45, 2.75) is 6.54 Å². The van der Waals surface area contributed by atoms with Crippen molar-refractivity contribution in [3.8, 4) is 0 Å². The molecule has 0 aliphatic carbocycles. The van der Waals surface area contributed by atoms with Crippen molar-refractivity contribution in [2.75, 3.05) is 27.7 Å². The second-order valence-electron chi connectivity index (χ2n) is 4.88. The lowest BCUT2D eigenvalue weighted by molar-refractivity contribution is -0.131. The van der Waals surface area contributed by atoms with Gasteiger partial charge in [0.25, 0.3) is 0 Å². The smallest absolute Gasteiger partial charge is 0.328 e. The van der Waals surface area contributed by atoms with Crippen LogP contribution in [0.4, 0.5) is 0 Å². The number of benzene rings is 1. The van der Waals surface area contributed by atoms with E-state index in [2.05, 4.69) is 0 Å². The molecule has 5 heteroatoms. The molecule has 0 saturated heterocycles. The summed E-state index contributed by atoms with van der Waals surface area (Å²) in [5.41, 5.74) is 1.86. The van der Waals surface area contributed by atoms with Gasteiger partial charge < -0.3 is 10.0 Å². The number of nitrogens with zero attached hydrogens (tertiary/aromatic N) is 2. The molecule has 0 atom stereocenters. The van der Waals surface area contributed by atoms with Crippen LogP contribution in [0.5, 0.6) is 0 Å². The molecule has 1 N–H and O–H groups in total. The molecule has 20 heavy (non-hydrogen) atoms. The third kappa shape index (κ3) is 5.67. The fraction of sp³-hybridized carbons (Fsp3) is 0.333. The maximum Gasteiger partial charge on any atom is 0.328 e. The Morgan fingerprint density at radius 2 is 1.95 bits per heavy atom. The van der Waals surface area contributed by atoms with Crippen LogP contribution in [0.25, 0.3) is 6.08 Å². The zero-order valence-electron chi connectivity index (χ0n) is 12.0. The Morgan fingerprint density at radius 3 is 2.55 bits per heavy atom. The van der Waals surface area contributed by atoms with Crippen LogP contribution in [-0.4, -0.2) is 54.5 Å². The summed E-state index contributed by atoms with van der Waals surface area (Å²) in [6.07, 6.45) is 2.66. The summed E-state index contributed by atoms with van der Waals surface area (Å²) in [6, 6.07) is 7.58. The molecule has 108 valence electrons. The molecule has 1 aromatic carbocycles. The molecule has 0 spiro atoms. The maximum absolute atomic E-state index is 11.6. The molecule has 1 aromatic rings. The van der Waals surface area contributed by atoms with E-state index in [0.29, 0.717) is 13.1 Å². The lowest BCUT2D eigenvalue weighted by Crippen LogP contribution is -2.34. The molecule has 0 aromatic heterocycles. The van der Waals surface area contributed by atoms with E-state index in [0.717, 1.165) is 17.2 Å². The van der Waals surface area contributed by atoms with Crippen LogP contribution in [0.3, 0.4) is 0 Å². The van der Waals surface area contributed by atoms with Crippen LogP contribution in [0.2, 0.25) is 0 Å². The molecule has 0 unspecified atom stereocenters. The van der Waals surface area contributed by atoms with Crippen LogP contribution >= 0.6 is 0 Å². The highest BCUT2D eigenvalue weighted by molar-refractivity contribution is 5.85. The fourth-order valence-corrected chi connectivity index (χ4v) is 1.70. The van der Waals surface area contributed by atoms with Crippen molar-refractivity contribution in [1.29, 1.82) is 0 Å². The summed E-state index contributed by atoms with van der Waals surface area (Å²) in [7, 11) is 5.34. The summed E-state index contributed by atoms with van der Waals surface area (Å²) in [6.45, 7) is 0.983. The van der Waals surface area contributed by atoms with E-state index in [1.54, 1.807) is 25.1 Å². The highest BCUT2D eigenvalue weighted by Gasteiger charge is 2.08. The molecule has 0 aliphatic rings. The number of aliphatic carboxylic acids is 1. The van der Waals surface area contributed by atoms with Crippen LogP contribution in [0.1, 0.15) is 11.1 Å². The van der Waals surface area contributed by atoms with Gasteiger partial charge in [-0.05, 0) is 24.3 Å². The number of hydrogen-bond donors (Lipinski definition) is 1. The van der Waals surface area contributed by atoms with Gasteiger partial charge in [0.2, 0.25) is 5.91 Å². The van der Waals surface area contributed by atoms with Gasteiger partial charge in [0.1, 0.15) is 0 Å². The Bertz CT molecular complexity index is 510. The van der Waals surface area contributed by atoms with E-state index in [-0.39, 0.29) is 5.91 Å². The molecule has 1 amide bonds. The van der Waals surface area contributed by atoms with E-state index < -0.39 is 5.97 Å². The van der Waals surface area contributed by atoms with Gasteiger partial charge in [-0.2, -0.15) is 0 Å². The van der Waals surface area contributed by atoms with Gasteiger partial charge in [-0.1, -0.05) is 24.3 Å². The molecular formula is C15H20N2O3. The van der Waals surface area contributed by atoms with E-state index in [4.69, 9.17) is 5.11 Å². The van der Waals surface area contributed by atoms with E-state index in [9.17, 15) is 9.59 Å². The van der Waals surface area contributed by atoms with Crippen molar-refractivity contribution in [2.24, 2.45) is 0 Å². The number of carboxylic acids is 1. The minimum Gasteiger partial charge on any atom is -0.478 e. The topological polar surface area (TPSA) is 60.9 Å². The Kier molecular flexibility index (Phi) is 5.93. The number of rotatable bonds is 6. The lowest BCUT2D eigenvalue weighted by Gasteiger charge is -2.19. The maximum atomic E-state index is 11.6. The predicted octanol–water partition coefficient (Wildman–Crippen LogP) is 1.30. The molecule has 0 aliphatic heterocycles. The average Bonchev–Trinajstić information content (AvgIpc) is 2.36. The zero-order chi connectivity index (χ0) is 15.1. The fourth-order valence-electron chi connectivity index (χ4n) is 1.70. The number of carboxylic acid groups (broad SMARTS) is 1. The van der Waals surface area contributed by atoms with Crippen molar-refractivity contribution in [3.05, 3.63) is 41.5 Å². The van der Waals surface area contributed by atoms with Gasteiger partial charge >= 0.3 is 5.97 Å². The van der Waals surface area contributed by atoms with Gasteiger partial charge in [0.15, 0.2) is 0 Å². The Hall–Kier alpha value is -2.14. The minimum absolute atomic E-state index is 0.0504. The van der Waals surface area contributed by atoms with Gasteiger partial charge in [-0.25, -0.2) is 4.79 Å². The van der Waals surface area contributed by atoms with Crippen LogP contribution in [0.15, 0.2) is 30.3 Å². The normalized spacial score (nSPS) is 11.0. The molecule has 0 radical (unpaired) electrons. The first-order valence-electron chi connectivity index (χ1n) is 6.27. The number of likely N-dealkylation sites (N-methyl/N-ethyl adjacent to an activating group) is 2. The SMILES string of the molecule is CN(CC(=O)N(C)C)Cc1cccc(C=CC(=O)O)c1. The van der Waals surface area contributed by atoms with Crippen molar-refractivity contribution in [1.82, 2.24) is 9.80 Å². The highest BCUT2D eigenvalue weighted by Crippen LogP contribution is 2.09. The summed E-state index contributed by atoms with van der Waals surface area (Å²) in [4.78, 5) is 25.6. The molecule has 0 heterocycles. The largest absolute Gasteiger partial charge is 0.478 e. The number of carbonyl (C=O) groups is 2. The lowest BCUT2D eigenvalue weighted by atomic mass is 10.1. The summed E-state index contributed by atoms with van der Waals surface area (Å²) in [5, 5.41) is 8.60. The Balaban J connectivity index is 2.66. The Morgan fingerprint density at radius 1 is 1.25 bits per heavy atom. The standard InChI is InChI=1S/C15H20N2O3/c1-16(2)14(18)11-17(3)10-13-6-4-5-12(9-13)7-8-15(19)20/h4-9H,10-11H2,1-3H3,(H,19,20). The van der Waals surface area contributed by atoms with Gasteiger partial charge in [0, 0.05) is 26.7 Å². The average molecular weight is 276 g/mol. The van der Waals surface area contributed by atoms with E-state index in [1.165, 1.54) is 0 Å². The first-order valence-corrected chi connectivity index (χ1v) is 6.27.